The van der Waals surface area contributed by atoms with E-state index < -0.39 is 0 Å². The largest absolute Gasteiger partial charge is 0.394 e. The normalized spacial score (nSPS) is 14.9. The van der Waals surface area contributed by atoms with Gasteiger partial charge in [-0.15, -0.1) is 0 Å². The van der Waals surface area contributed by atoms with Gasteiger partial charge in [-0.1, -0.05) is 13.8 Å². The number of rotatable bonds is 7. The Labute approximate surface area is 86.1 Å². The molecular weight excluding hydrogens is 180 g/mol. The summed E-state index contributed by atoms with van der Waals surface area (Å²) in [7, 11) is 0. The van der Waals surface area contributed by atoms with E-state index in [0.29, 0.717) is 6.42 Å². The Hall–Kier alpha value is -0.610. The first-order chi connectivity index (χ1) is 6.63. The van der Waals surface area contributed by atoms with Gasteiger partial charge in [0.25, 0.3) is 0 Å². The number of aliphatic hydroxyl groups excluding tert-OH is 1. The van der Waals surface area contributed by atoms with E-state index in [4.69, 9.17) is 5.11 Å². The monoisotopic (exact) mass is 202 g/mol. The molecule has 0 bridgehead atoms. The zero-order valence-corrected chi connectivity index (χ0v) is 9.34. The first-order valence-corrected chi connectivity index (χ1v) is 5.27. The van der Waals surface area contributed by atoms with Crippen molar-refractivity contribution >= 4 is 5.91 Å². The molecule has 0 rings (SSSR count). The molecule has 0 spiro atoms. The molecule has 0 heterocycles. The van der Waals surface area contributed by atoms with Crippen molar-refractivity contribution in [1.82, 2.24) is 10.6 Å². The molecule has 14 heavy (non-hydrogen) atoms. The van der Waals surface area contributed by atoms with E-state index in [1.807, 2.05) is 20.8 Å². The van der Waals surface area contributed by atoms with Gasteiger partial charge >= 0.3 is 0 Å². The zero-order chi connectivity index (χ0) is 11.0. The quantitative estimate of drug-likeness (QED) is 0.555. The molecule has 1 unspecified atom stereocenters. The average molecular weight is 202 g/mol. The Balaban J connectivity index is 3.73. The lowest BCUT2D eigenvalue weighted by Crippen LogP contribution is -2.40. The van der Waals surface area contributed by atoms with Gasteiger partial charge in [-0.3, -0.25) is 4.79 Å². The van der Waals surface area contributed by atoms with Crippen molar-refractivity contribution in [2.75, 3.05) is 13.2 Å². The molecule has 3 N–H and O–H groups in total. The van der Waals surface area contributed by atoms with Crippen LogP contribution in [0.1, 0.15) is 33.6 Å². The van der Waals surface area contributed by atoms with E-state index in [1.165, 1.54) is 0 Å². The Kier molecular flexibility index (Phi) is 7.42. The average Bonchev–Trinajstić information content (AvgIpc) is 2.14. The summed E-state index contributed by atoms with van der Waals surface area (Å²) in [6, 6.07) is 0.0903. The van der Waals surface area contributed by atoms with Crippen molar-refractivity contribution < 1.29 is 9.90 Å². The molecule has 0 aliphatic heterocycles. The van der Waals surface area contributed by atoms with Crippen LogP contribution in [-0.4, -0.2) is 36.2 Å². The molecule has 0 radical (unpaired) electrons. The summed E-state index contributed by atoms with van der Waals surface area (Å²) in [6.07, 6.45) is 1.22. The van der Waals surface area contributed by atoms with Crippen molar-refractivity contribution in [3.05, 3.63) is 0 Å². The van der Waals surface area contributed by atoms with Crippen LogP contribution in [0.3, 0.4) is 0 Å². The summed E-state index contributed by atoms with van der Waals surface area (Å²) in [5.41, 5.74) is 0. The summed E-state index contributed by atoms with van der Waals surface area (Å²) in [5, 5.41) is 14.8. The summed E-state index contributed by atoms with van der Waals surface area (Å²) >= 11 is 0. The van der Waals surface area contributed by atoms with Crippen LogP contribution in [0.2, 0.25) is 0 Å². The maximum atomic E-state index is 11.4. The second-order valence-electron chi connectivity index (χ2n) is 3.52. The van der Waals surface area contributed by atoms with Gasteiger partial charge in [0.1, 0.15) is 0 Å². The summed E-state index contributed by atoms with van der Waals surface area (Å²) in [4.78, 5) is 11.4. The predicted molar refractivity (Wildman–Crippen MR) is 57.1 cm³/mol. The molecule has 2 atom stereocenters. The highest BCUT2D eigenvalue weighted by Gasteiger charge is 2.11. The fourth-order valence-electron chi connectivity index (χ4n) is 1.26. The van der Waals surface area contributed by atoms with Crippen LogP contribution in [0.25, 0.3) is 0 Å². The number of nitrogens with one attached hydrogen (secondary N) is 2. The third-order valence-corrected chi connectivity index (χ3v) is 2.12. The summed E-state index contributed by atoms with van der Waals surface area (Å²) in [6.45, 7) is 6.80. The maximum absolute atomic E-state index is 11.4. The Morgan fingerprint density at radius 2 is 2.07 bits per heavy atom. The van der Waals surface area contributed by atoms with Crippen molar-refractivity contribution in [2.45, 2.75) is 45.7 Å². The molecule has 0 fully saturated rings. The second kappa shape index (κ2) is 7.76. The van der Waals surface area contributed by atoms with E-state index in [9.17, 15) is 4.79 Å². The molecule has 0 aromatic heterocycles. The first-order valence-electron chi connectivity index (χ1n) is 5.27. The van der Waals surface area contributed by atoms with Crippen molar-refractivity contribution in [3.8, 4) is 0 Å². The smallest absolute Gasteiger partial charge is 0.221 e. The third kappa shape index (κ3) is 5.94. The minimum Gasteiger partial charge on any atom is -0.394 e. The van der Waals surface area contributed by atoms with Crippen LogP contribution in [0.4, 0.5) is 0 Å². The van der Waals surface area contributed by atoms with E-state index in [2.05, 4.69) is 10.6 Å². The van der Waals surface area contributed by atoms with Gasteiger partial charge in [-0.2, -0.15) is 0 Å². The predicted octanol–water partition coefficient (Wildman–Crippen LogP) is 0.262. The van der Waals surface area contributed by atoms with Gasteiger partial charge in [-0.05, 0) is 19.9 Å². The van der Waals surface area contributed by atoms with Gasteiger partial charge in [0.15, 0.2) is 0 Å². The van der Waals surface area contributed by atoms with Crippen molar-refractivity contribution in [2.24, 2.45) is 0 Å². The Morgan fingerprint density at radius 3 is 2.50 bits per heavy atom. The van der Waals surface area contributed by atoms with Crippen LogP contribution < -0.4 is 10.6 Å². The lowest BCUT2D eigenvalue weighted by Gasteiger charge is -2.16. The zero-order valence-electron chi connectivity index (χ0n) is 9.34. The molecule has 0 saturated carbocycles. The second-order valence-corrected chi connectivity index (χ2v) is 3.52. The lowest BCUT2D eigenvalue weighted by atomic mass is 10.2. The number of aliphatic hydroxyl groups is 1. The maximum Gasteiger partial charge on any atom is 0.221 e. The number of carbonyl (C=O) groups is 1. The summed E-state index contributed by atoms with van der Waals surface area (Å²) in [5.74, 6) is -0.000602. The number of hydrogen-bond acceptors (Lipinski definition) is 3. The molecule has 0 aromatic rings. The number of amides is 1. The molecule has 4 heteroatoms. The molecule has 0 aliphatic carbocycles. The van der Waals surface area contributed by atoms with Crippen molar-refractivity contribution in [3.63, 3.8) is 0 Å². The topological polar surface area (TPSA) is 61.4 Å². The Morgan fingerprint density at radius 1 is 1.43 bits per heavy atom. The Bertz CT molecular complexity index is 158. The van der Waals surface area contributed by atoms with Crippen LogP contribution in [0.5, 0.6) is 0 Å². The third-order valence-electron chi connectivity index (χ3n) is 2.12. The van der Waals surface area contributed by atoms with Gasteiger partial charge in [0.2, 0.25) is 5.91 Å². The molecular formula is C10H22N2O2. The molecule has 0 saturated heterocycles. The highest BCUT2D eigenvalue weighted by atomic mass is 16.3. The van der Waals surface area contributed by atoms with Crippen LogP contribution in [0, 0.1) is 0 Å². The number of hydrogen-bond donors (Lipinski definition) is 3. The summed E-state index contributed by atoms with van der Waals surface area (Å²) < 4.78 is 0. The van der Waals surface area contributed by atoms with E-state index in [1.54, 1.807) is 0 Å². The lowest BCUT2D eigenvalue weighted by molar-refractivity contribution is -0.122. The molecule has 0 aliphatic rings. The molecule has 84 valence electrons. The van der Waals surface area contributed by atoms with Gasteiger partial charge in [0.05, 0.1) is 12.6 Å². The van der Waals surface area contributed by atoms with Crippen molar-refractivity contribution in [1.29, 1.82) is 0 Å². The fourth-order valence-corrected chi connectivity index (χ4v) is 1.26. The molecule has 1 amide bonds. The van der Waals surface area contributed by atoms with Gasteiger partial charge < -0.3 is 15.7 Å². The SMILES string of the molecule is CCNC(C)CC(=O)N[C@@H](CC)CO. The minimum absolute atomic E-state index is 0.000602. The molecule has 0 aromatic carbocycles. The van der Waals surface area contributed by atoms with E-state index in [-0.39, 0.29) is 24.6 Å². The van der Waals surface area contributed by atoms with E-state index in [0.717, 1.165) is 13.0 Å². The highest BCUT2D eigenvalue weighted by Crippen LogP contribution is 1.94. The fraction of sp³-hybridized carbons (Fsp3) is 0.900. The molecule has 4 nitrogen and oxygen atoms in total. The van der Waals surface area contributed by atoms with Gasteiger partial charge in [-0.25, -0.2) is 0 Å². The van der Waals surface area contributed by atoms with Gasteiger partial charge in [0, 0.05) is 12.5 Å². The van der Waals surface area contributed by atoms with Crippen LogP contribution >= 0.6 is 0 Å². The highest BCUT2D eigenvalue weighted by molar-refractivity contribution is 5.76. The van der Waals surface area contributed by atoms with Crippen LogP contribution in [0.15, 0.2) is 0 Å². The first kappa shape index (κ1) is 13.4. The minimum atomic E-state index is -0.101. The number of carbonyl (C=O) groups excluding carboxylic acids is 1. The van der Waals surface area contributed by atoms with E-state index >= 15 is 0 Å². The standard InChI is InChI=1S/C10H22N2O2/c1-4-9(7-13)12-10(14)6-8(3)11-5-2/h8-9,11,13H,4-7H2,1-3H3,(H,12,14)/t8?,9-/m0/s1. The van der Waals surface area contributed by atoms with Crippen LogP contribution in [-0.2, 0) is 4.79 Å².